The van der Waals surface area contributed by atoms with E-state index in [4.69, 9.17) is 0 Å². The summed E-state index contributed by atoms with van der Waals surface area (Å²) in [7, 11) is 0. The summed E-state index contributed by atoms with van der Waals surface area (Å²) < 4.78 is 1.43. The Kier molecular flexibility index (Phi) is 6.76. The highest BCUT2D eigenvalue weighted by atomic mass is 16.2. The number of nitrogens with zero attached hydrogens (tertiary/aromatic N) is 1. The molecule has 0 aliphatic rings. The lowest BCUT2D eigenvalue weighted by Gasteiger charge is -2.31. The van der Waals surface area contributed by atoms with Crippen LogP contribution in [-0.4, -0.2) is 9.55 Å². The third-order valence-electron chi connectivity index (χ3n) is 4.03. The van der Waals surface area contributed by atoms with Crippen LogP contribution < -0.4 is 11.2 Å². The fourth-order valence-electron chi connectivity index (χ4n) is 2.79. The van der Waals surface area contributed by atoms with Crippen LogP contribution in [0.15, 0.2) is 21.9 Å². The predicted molar refractivity (Wildman–Crippen MR) is 83.3 cm³/mol. The van der Waals surface area contributed by atoms with Crippen LogP contribution in [0.3, 0.4) is 0 Å². The molecule has 0 atom stereocenters. The van der Waals surface area contributed by atoms with Crippen LogP contribution >= 0.6 is 0 Å². The minimum atomic E-state index is -0.365. The Labute approximate surface area is 121 Å². The summed E-state index contributed by atoms with van der Waals surface area (Å²) in [5.41, 5.74) is -0.840. The number of hydrogen-bond donors (Lipinski definition) is 1. The van der Waals surface area contributed by atoms with Crippen molar-refractivity contribution < 1.29 is 0 Å². The molecule has 0 saturated carbocycles. The van der Waals surface area contributed by atoms with Gasteiger partial charge < -0.3 is 4.98 Å². The van der Waals surface area contributed by atoms with Gasteiger partial charge in [-0.1, -0.05) is 52.4 Å². The lowest BCUT2D eigenvalue weighted by Crippen LogP contribution is -2.47. The van der Waals surface area contributed by atoms with Gasteiger partial charge in [0.15, 0.2) is 0 Å². The smallest absolute Gasteiger partial charge is 0.314 e. The first-order valence-corrected chi connectivity index (χ1v) is 7.86. The zero-order valence-electron chi connectivity index (χ0n) is 13.1. The first-order chi connectivity index (χ1) is 9.55. The Hall–Kier alpha value is -1.32. The number of H-pyrrole nitrogens is 1. The van der Waals surface area contributed by atoms with Crippen LogP contribution in [0.1, 0.15) is 72.1 Å². The van der Waals surface area contributed by atoms with Gasteiger partial charge in [0.2, 0.25) is 0 Å². The number of unbranched alkanes of at least 4 members (excludes halogenated alkanes) is 4. The van der Waals surface area contributed by atoms with Gasteiger partial charge in [-0.15, -0.1) is 0 Å². The molecule has 0 aromatic carbocycles. The number of hydrogen-bond acceptors (Lipinski definition) is 2. The second-order valence-corrected chi connectivity index (χ2v) is 5.87. The van der Waals surface area contributed by atoms with Gasteiger partial charge >= 0.3 is 5.69 Å². The molecule has 0 spiro atoms. The van der Waals surface area contributed by atoms with Gasteiger partial charge in [-0.25, -0.2) is 4.79 Å². The average Bonchev–Trinajstić information content (AvgIpc) is 2.39. The van der Waals surface area contributed by atoms with E-state index in [-0.39, 0.29) is 16.8 Å². The number of nitrogens with one attached hydrogen (secondary N) is 1. The largest absolute Gasteiger partial charge is 0.328 e. The Balaban J connectivity index is 3.02. The molecular formula is C16H28N2O2. The molecule has 0 bridgehead atoms. The van der Waals surface area contributed by atoms with Crippen molar-refractivity contribution in [3.05, 3.63) is 33.1 Å². The molecule has 114 valence electrons. The molecule has 0 unspecified atom stereocenters. The maximum Gasteiger partial charge on any atom is 0.328 e. The zero-order chi connectivity index (χ0) is 15.0. The maximum absolute atomic E-state index is 12.1. The van der Waals surface area contributed by atoms with Gasteiger partial charge in [0, 0.05) is 17.8 Å². The molecule has 20 heavy (non-hydrogen) atoms. The highest BCUT2D eigenvalue weighted by Gasteiger charge is 2.28. The molecule has 0 radical (unpaired) electrons. The molecule has 0 saturated heterocycles. The normalized spacial score (nSPS) is 11.8. The van der Waals surface area contributed by atoms with Crippen molar-refractivity contribution in [2.24, 2.45) is 0 Å². The Bertz CT molecular complexity index is 463. The summed E-state index contributed by atoms with van der Waals surface area (Å²) >= 11 is 0. The minimum absolute atomic E-state index is 0.191. The van der Waals surface area contributed by atoms with E-state index in [0.717, 1.165) is 51.4 Å². The van der Waals surface area contributed by atoms with Gasteiger partial charge in [-0.05, 0) is 19.8 Å². The van der Waals surface area contributed by atoms with Crippen LogP contribution in [0.4, 0.5) is 0 Å². The fourth-order valence-corrected chi connectivity index (χ4v) is 2.79. The standard InChI is InChI=1S/C16H28N2O2/c1-4-6-8-11-16(3,12-9-7-5-2)18-14(19)10-13-17-15(18)20/h10,13H,4-9,11-12H2,1-3H3,(H,17,20). The molecule has 1 aromatic heterocycles. The van der Waals surface area contributed by atoms with Crippen molar-refractivity contribution in [2.45, 2.75) is 77.7 Å². The molecule has 4 nitrogen and oxygen atoms in total. The molecule has 4 heteroatoms. The van der Waals surface area contributed by atoms with E-state index in [9.17, 15) is 9.59 Å². The average molecular weight is 280 g/mol. The molecule has 1 heterocycles. The number of rotatable bonds is 9. The van der Waals surface area contributed by atoms with Crippen molar-refractivity contribution in [1.29, 1.82) is 0 Å². The Morgan fingerprint density at radius 1 is 1.05 bits per heavy atom. The SMILES string of the molecule is CCCCCC(C)(CCCCC)n1c(=O)cc[nH]c1=O. The predicted octanol–water partition coefficient (Wildman–Crippen LogP) is 3.41. The van der Waals surface area contributed by atoms with Crippen LogP contribution in [0.2, 0.25) is 0 Å². The third-order valence-corrected chi connectivity index (χ3v) is 4.03. The quantitative estimate of drug-likeness (QED) is 0.705. The van der Waals surface area contributed by atoms with Crippen molar-refractivity contribution in [3.63, 3.8) is 0 Å². The molecule has 0 aliphatic carbocycles. The summed E-state index contributed by atoms with van der Waals surface area (Å²) in [5.74, 6) is 0. The Morgan fingerprint density at radius 2 is 1.60 bits per heavy atom. The number of aromatic nitrogens is 2. The van der Waals surface area contributed by atoms with E-state index in [1.54, 1.807) is 0 Å². The van der Waals surface area contributed by atoms with Crippen molar-refractivity contribution in [3.8, 4) is 0 Å². The summed E-state index contributed by atoms with van der Waals surface area (Å²) in [6.07, 6.45) is 9.89. The third kappa shape index (κ3) is 4.36. The van der Waals surface area contributed by atoms with E-state index in [1.807, 2.05) is 0 Å². The summed E-state index contributed by atoms with van der Waals surface area (Å²) in [5, 5.41) is 0. The van der Waals surface area contributed by atoms with Crippen LogP contribution in [0.25, 0.3) is 0 Å². The van der Waals surface area contributed by atoms with E-state index < -0.39 is 0 Å². The van der Waals surface area contributed by atoms with Crippen molar-refractivity contribution >= 4 is 0 Å². The topological polar surface area (TPSA) is 54.9 Å². The summed E-state index contributed by atoms with van der Waals surface area (Å²) in [6, 6.07) is 1.44. The zero-order valence-corrected chi connectivity index (χ0v) is 13.1. The Morgan fingerprint density at radius 3 is 2.05 bits per heavy atom. The molecule has 0 fully saturated rings. The fraction of sp³-hybridized carbons (Fsp3) is 0.750. The first kappa shape index (κ1) is 16.7. The lowest BCUT2D eigenvalue weighted by atomic mass is 9.88. The lowest BCUT2D eigenvalue weighted by molar-refractivity contribution is 0.235. The monoisotopic (exact) mass is 280 g/mol. The molecule has 1 N–H and O–H groups in total. The van der Waals surface area contributed by atoms with E-state index >= 15 is 0 Å². The number of aromatic amines is 1. The van der Waals surface area contributed by atoms with Crippen molar-refractivity contribution in [1.82, 2.24) is 9.55 Å². The van der Waals surface area contributed by atoms with Crippen LogP contribution in [0.5, 0.6) is 0 Å². The summed E-state index contributed by atoms with van der Waals surface area (Å²) in [6.45, 7) is 6.38. The molecular weight excluding hydrogens is 252 g/mol. The van der Waals surface area contributed by atoms with Gasteiger partial charge in [0.05, 0.1) is 0 Å². The first-order valence-electron chi connectivity index (χ1n) is 7.86. The van der Waals surface area contributed by atoms with Crippen LogP contribution in [0, 0.1) is 0 Å². The maximum atomic E-state index is 12.1. The van der Waals surface area contributed by atoms with Crippen molar-refractivity contribution in [2.75, 3.05) is 0 Å². The minimum Gasteiger partial charge on any atom is -0.314 e. The summed E-state index contributed by atoms with van der Waals surface area (Å²) in [4.78, 5) is 26.8. The molecule has 1 aromatic rings. The van der Waals surface area contributed by atoms with Gasteiger partial charge in [0.1, 0.15) is 0 Å². The molecule has 0 aliphatic heterocycles. The van der Waals surface area contributed by atoms with Gasteiger partial charge in [0.25, 0.3) is 5.56 Å². The van der Waals surface area contributed by atoms with Gasteiger partial charge in [-0.2, -0.15) is 0 Å². The van der Waals surface area contributed by atoms with E-state index in [2.05, 4.69) is 25.8 Å². The van der Waals surface area contributed by atoms with Crippen LogP contribution in [-0.2, 0) is 5.54 Å². The highest BCUT2D eigenvalue weighted by Crippen LogP contribution is 2.27. The highest BCUT2D eigenvalue weighted by molar-refractivity contribution is 4.92. The van der Waals surface area contributed by atoms with E-state index in [0.29, 0.717) is 0 Å². The molecule has 1 rings (SSSR count). The molecule has 0 amide bonds. The second kappa shape index (κ2) is 8.08. The second-order valence-electron chi connectivity index (χ2n) is 5.87. The van der Waals surface area contributed by atoms with E-state index in [1.165, 1.54) is 16.8 Å². The van der Waals surface area contributed by atoms with Gasteiger partial charge in [-0.3, -0.25) is 9.36 Å².